The summed E-state index contributed by atoms with van der Waals surface area (Å²) >= 11 is 0. The van der Waals surface area contributed by atoms with E-state index < -0.39 is 21.7 Å². The molecule has 0 spiro atoms. The van der Waals surface area contributed by atoms with Gasteiger partial charge in [-0.25, -0.2) is 21.9 Å². The van der Waals surface area contributed by atoms with E-state index in [1.807, 2.05) is 0 Å². The minimum absolute atomic E-state index is 0.249. The summed E-state index contributed by atoms with van der Waals surface area (Å²) in [5.74, 6) is -2.24. The smallest absolute Gasteiger partial charge is 0.240 e. The Bertz CT molecular complexity index is 575. The minimum atomic E-state index is -3.80. The van der Waals surface area contributed by atoms with Crippen molar-refractivity contribution in [1.82, 2.24) is 9.62 Å². The van der Waals surface area contributed by atoms with Crippen LogP contribution in [0.5, 0.6) is 0 Å². The van der Waals surface area contributed by atoms with Crippen LogP contribution in [0.4, 0.5) is 8.78 Å². The molecule has 21 heavy (non-hydrogen) atoms. The highest BCUT2D eigenvalue weighted by molar-refractivity contribution is 7.89. The lowest BCUT2D eigenvalue weighted by Crippen LogP contribution is -2.38. The van der Waals surface area contributed by atoms with Gasteiger partial charge in [-0.05, 0) is 31.2 Å². The first-order chi connectivity index (χ1) is 9.99. The Kier molecular flexibility index (Phi) is 5.63. The van der Waals surface area contributed by atoms with Crippen LogP contribution in [0.15, 0.2) is 23.1 Å². The first-order valence-corrected chi connectivity index (χ1v) is 8.22. The lowest BCUT2D eigenvalue weighted by atomic mass is 10.3. The molecule has 1 aromatic rings. The fraction of sp³-hybridized carbons (Fsp3) is 0.538. The van der Waals surface area contributed by atoms with E-state index in [0.29, 0.717) is 25.7 Å². The van der Waals surface area contributed by atoms with Gasteiger partial charge in [-0.2, -0.15) is 0 Å². The maximum atomic E-state index is 13.1. The number of nitrogens with zero attached hydrogens (tertiary/aromatic N) is 1. The van der Waals surface area contributed by atoms with E-state index in [1.165, 1.54) is 0 Å². The molecule has 2 rings (SSSR count). The second kappa shape index (κ2) is 7.26. The molecular formula is C13H18F2N2O3S. The van der Waals surface area contributed by atoms with E-state index in [0.717, 1.165) is 31.8 Å². The average molecular weight is 320 g/mol. The Morgan fingerprint density at radius 1 is 1.19 bits per heavy atom. The van der Waals surface area contributed by atoms with E-state index in [9.17, 15) is 17.2 Å². The maximum Gasteiger partial charge on any atom is 0.240 e. The summed E-state index contributed by atoms with van der Waals surface area (Å²) in [6.45, 7) is 4.09. The third-order valence-corrected chi connectivity index (χ3v) is 4.71. The monoisotopic (exact) mass is 320 g/mol. The molecule has 1 N–H and O–H groups in total. The average Bonchev–Trinajstić information content (AvgIpc) is 2.47. The molecule has 1 heterocycles. The van der Waals surface area contributed by atoms with Crippen LogP contribution in [-0.4, -0.2) is 52.7 Å². The van der Waals surface area contributed by atoms with Crippen molar-refractivity contribution in [3.63, 3.8) is 0 Å². The summed E-state index contributed by atoms with van der Waals surface area (Å²) < 4.78 is 57.3. The zero-order valence-electron chi connectivity index (χ0n) is 11.5. The van der Waals surface area contributed by atoms with E-state index >= 15 is 0 Å². The van der Waals surface area contributed by atoms with Crippen LogP contribution in [0.1, 0.15) is 6.42 Å². The summed E-state index contributed by atoms with van der Waals surface area (Å²) in [6.07, 6.45) is 0.642. The summed E-state index contributed by atoms with van der Waals surface area (Å²) in [6, 6.07) is 2.53. The molecule has 1 aliphatic rings. The van der Waals surface area contributed by atoms with Crippen molar-refractivity contribution < 1.29 is 21.9 Å². The van der Waals surface area contributed by atoms with Crippen molar-refractivity contribution in [2.45, 2.75) is 11.3 Å². The Morgan fingerprint density at radius 2 is 1.90 bits per heavy atom. The predicted molar refractivity (Wildman–Crippen MR) is 73.4 cm³/mol. The summed E-state index contributed by atoms with van der Waals surface area (Å²) in [5, 5.41) is 0. The van der Waals surface area contributed by atoms with Crippen LogP contribution in [0.25, 0.3) is 0 Å². The first kappa shape index (κ1) is 16.3. The molecule has 1 fully saturated rings. The Labute approximate surface area is 122 Å². The maximum absolute atomic E-state index is 13.1. The van der Waals surface area contributed by atoms with Crippen LogP contribution in [0.3, 0.4) is 0 Å². The quantitative estimate of drug-likeness (QED) is 0.794. The number of ether oxygens (including phenoxy) is 1. The molecule has 1 saturated heterocycles. The molecule has 1 aromatic carbocycles. The van der Waals surface area contributed by atoms with Gasteiger partial charge in [0.1, 0.15) is 0 Å². The molecule has 0 saturated carbocycles. The van der Waals surface area contributed by atoms with Crippen molar-refractivity contribution in [3.05, 3.63) is 29.8 Å². The van der Waals surface area contributed by atoms with Gasteiger partial charge in [0.15, 0.2) is 11.6 Å². The van der Waals surface area contributed by atoms with Crippen LogP contribution in [-0.2, 0) is 14.8 Å². The number of benzene rings is 1. The summed E-state index contributed by atoms with van der Waals surface area (Å²) in [7, 11) is -3.80. The Hall–Kier alpha value is -1.09. The lowest BCUT2D eigenvalue weighted by molar-refractivity contribution is 0.0376. The number of halogens is 2. The van der Waals surface area contributed by atoms with Gasteiger partial charge < -0.3 is 4.74 Å². The predicted octanol–water partition coefficient (Wildman–Crippen LogP) is 0.965. The lowest BCUT2D eigenvalue weighted by Gasteiger charge is -2.26. The van der Waals surface area contributed by atoms with Gasteiger partial charge in [0.25, 0.3) is 0 Å². The van der Waals surface area contributed by atoms with Crippen molar-refractivity contribution in [3.8, 4) is 0 Å². The molecule has 0 aromatic heterocycles. The van der Waals surface area contributed by atoms with Gasteiger partial charge in [-0.15, -0.1) is 0 Å². The molecule has 1 aliphatic heterocycles. The molecule has 0 aliphatic carbocycles. The second-order valence-corrected chi connectivity index (χ2v) is 6.55. The van der Waals surface area contributed by atoms with Gasteiger partial charge in [0.05, 0.1) is 18.1 Å². The number of rotatable bonds is 6. The second-order valence-electron chi connectivity index (χ2n) is 4.78. The highest BCUT2D eigenvalue weighted by Gasteiger charge is 2.16. The molecule has 0 atom stereocenters. The molecule has 0 amide bonds. The number of sulfonamides is 1. The fourth-order valence-corrected chi connectivity index (χ4v) is 3.15. The summed E-state index contributed by atoms with van der Waals surface area (Å²) in [5.41, 5.74) is 0. The number of hydrogen-bond acceptors (Lipinski definition) is 4. The highest BCUT2D eigenvalue weighted by Crippen LogP contribution is 2.13. The van der Waals surface area contributed by atoms with E-state index in [4.69, 9.17) is 4.74 Å². The van der Waals surface area contributed by atoms with E-state index in [-0.39, 0.29) is 11.4 Å². The number of nitrogens with one attached hydrogen (secondary N) is 1. The fourth-order valence-electron chi connectivity index (χ4n) is 2.06. The molecule has 0 radical (unpaired) electrons. The van der Waals surface area contributed by atoms with Gasteiger partial charge in [-0.3, -0.25) is 4.90 Å². The standard InChI is InChI=1S/C13H18F2N2O3S/c14-12-3-2-11(10-13(12)15)21(18,19)16-4-1-5-17-6-8-20-9-7-17/h2-3,10,16H,1,4-9H2. The van der Waals surface area contributed by atoms with Crippen molar-refractivity contribution in [2.24, 2.45) is 0 Å². The molecular weight excluding hydrogens is 302 g/mol. The molecule has 0 unspecified atom stereocenters. The normalized spacial score (nSPS) is 17.0. The molecule has 118 valence electrons. The van der Waals surface area contributed by atoms with Gasteiger partial charge in [0.2, 0.25) is 10.0 Å². The minimum Gasteiger partial charge on any atom is -0.379 e. The summed E-state index contributed by atoms with van der Waals surface area (Å²) in [4.78, 5) is 1.92. The molecule has 8 heteroatoms. The third kappa shape index (κ3) is 4.70. The Balaban J connectivity index is 1.82. The van der Waals surface area contributed by atoms with Crippen LogP contribution >= 0.6 is 0 Å². The number of morpholine rings is 1. The van der Waals surface area contributed by atoms with Crippen molar-refractivity contribution in [1.29, 1.82) is 0 Å². The molecule has 0 bridgehead atoms. The van der Waals surface area contributed by atoms with Crippen molar-refractivity contribution >= 4 is 10.0 Å². The highest BCUT2D eigenvalue weighted by atomic mass is 32.2. The topological polar surface area (TPSA) is 58.6 Å². The zero-order valence-corrected chi connectivity index (χ0v) is 12.3. The van der Waals surface area contributed by atoms with Gasteiger partial charge in [0, 0.05) is 19.6 Å². The van der Waals surface area contributed by atoms with Gasteiger partial charge >= 0.3 is 0 Å². The van der Waals surface area contributed by atoms with E-state index in [1.54, 1.807) is 0 Å². The van der Waals surface area contributed by atoms with Gasteiger partial charge in [-0.1, -0.05) is 0 Å². The molecule has 5 nitrogen and oxygen atoms in total. The van der Waals surface area contributed by atoms with Crippen molar-refractivity contribution in [2.75, 3.05) is 39.4 Å². The van der Waals surface area contributed by atoms with E-state index in [2.05, 4.69) is 9.62 Å². The van der Waals surface area contributed by atoms with Crippen LogP contribution in [0.2, 0.25) is 0 Å². The third-order valence-electron chi connectivity index (χ3n) is 3.25. The van der Waals surface area contributed by atoms with Crippen LogP contribution in [0, 0.1) is 11.6 Å². The zero-order chi connectivity index (χ0) is 15.3. The number of hydrogen-bond donors (Lipinski definition) is 1. The largest absolute Gasteiger partial charge is 0.379 e. The Morgan fingerprint density at radius 3 is 2.57 bits per heavy atom. The first-order valence-electron chi connectivity index (χ1n) is 6.74. The van der Waals surface area contributed by atoms with Crippen LogP contribution < -0.4 is 4.72 Å². The SMILES string of the molecule is O=S(=O)(NCCCN1CCOCC1)c1ccc(F)c(F)c1.